The van der Waals surface area contributed by atoms with E-state index in [1.807, 2.05) is 12.1 Å². The predicted molar refractivity (Wildman–Crippen MR) is 57.5 cm³/mol. The Hall–Kier alpha value is -1.55. The summed E-state index contributed by atoms with van der Waals surface area (Å²) < 4.78 is 6.68. The van der Waals surface area contributed by atoms with Gasteiger partial charge in [0.2, 0.25) is 0 Å². The van der Waals surface area contributed by atoms with E-state index >= 15 is 0 Å². The fourth-order valence-electron chi connectivity index (χ4n) is 1.17. The van der Waals surface area contributed by atoms with Crippen molar-refractivity contribution >= 4 is 11.6 Å². The van der Waals surface area contributed by atoms with E-state index in [0.29, 0.717) is 11.6 Å². The molecule has 0 aliphatic rings. The molecule has 2 aromatic rings. The summed E-state index contributed by atoms with van der Waals surface area (Å²) in [6, 6.07) is 3.79. The molecule has 0 aliphatic carbocycles. The van der Waals surface area contributed by atoms with Crippen LogP contribution >= 0.6 is 11.6 Å². The van der Waals surface area contributed by atoms with Gasteiger partial charge in [-0.25, -0.2) is 9.67 Å². The summed E-state index contributed by atoms with van der Waals surface area (Å²) in [4.78, 5) is 4.23. The Bertz CT molecular complexity index is 438. The lowest BCUT2D eigenvalue weighted by molar-refractivity contribution is 0.414. The lowest BCUT2D eigenvalue weighted by atomic mass is 10.3. The fourth-order valence-corrected chi connectivity index (χ4v) is 1.33. The summed E-state index contributed by atoms with van der Waals surface area (Å²) in [5, 5.41) is 4.11. The van der Waals surface area contributed by atoms with Gasteiger partial charge in [-0.1, -0.05) is 6.07 Å². The van der Waals surface area contributed by atoms with Gasteiger partial charge >= 0.3 is 0 Å². The van der Waals surface area contributed by atoms with Gasteiger partial charge in [-0.05, 0) is 11.6 Å². The SMILES string of the molecule is COc1cnn(-c2ccc(CCl)cn2)c1. The van der Waals surface area contributed by atoms with Gasteiger partial charge in [0, 0.05) is 12.1 Å². The monoisotopic (exact) mass is 223 g/mol. The Morgan fingerprint density at radius 3 is 2.80 bits per heavy atom. The number of rotatable bonds is 3. The quantitative estimate of drug-likeness (QED) is 0.748. The van der Waals surface area contributed by atoms with Crippen molar-refractivity contribution < 1.29 is 4.74 Å². The lowest BCUT2D eigenvalue weighted by Crippen LogP contribution is -1.97. The molecule has 0 aliphatic heterocycles. The zero-order valence-corrected chi connectivity index (χ0v) is 8.98. The van der Waals surface area contributed by atoms with Crippen LogP contribution in [0.3, 0.4) is 0 Å². The maximum absolute atomic E-state index is 5.67. The second-order valence-electron chi connectivity index (χ2n) is 2.98. The molecule has 2 aromatic heterocycles. The van der Waals surface area contributed by atoms with Crippen LogP contribution in [-0.2, 0) is 5.88 Å². The number of aromatic nitrogens is 3. The van der Waals surface area contributed by atoms with Gasteiger partial charge in [-0.2, -0.15) is 5.10 Å². The van der Waals surface area contributed by atoms with Crippen LogP contribution in [0.15, 0.2) is 30.7 Å². The molecule has 5 heteroatoms. The van der Waals surface area contributed by atoms with Crippen molar-refractivity contribution in [3.05, 3.63) is 36.3 Å². The van der Waals surface area contributed by atoms with E-state index in [1.54, 1.807) is 30.4 Å². The smallest absolute Gasteiger partial charge is 0.157 e. The average Bonchev–Trinajstić information content (AvgIpc) is 2.78. The van der Waals surface area contributed by atoms with E-state index in [9.17, 15) is 0 Å². The molecule has 2 rings (SSSR count). The Kier molecular flexibility index (Phi) is 2.87. The molecule has 0 atom stereocenters. The van der Waals surface area contributed by atoms with Crippen LogP contribution in [0.5, 0.6) is 5.75 Å². The summed E-state index contributed by atoms with van der Waals surface area (Å²) in [7, 11) is 1.60. The molecule has 0 N–H and O–H groups in total. The summed E-state index contributed by atoms with van der Waals surface area (Å²) >= 11 is 5.67. The summed E-state index contributed by atoms with van der Waals surface area (Å²) in [5.41, 5.74) is 0.986. The lowest BCUT2D eigenvalue weighted by Gasteiger charge is -2.00. The molecule has 0 spiro atoms. The van der Waals surface area contributed by atoms with Crippen molar-refractivity contribution in [3.63, 3.8) is 0 Å². The number of alkyl halides is 1. The minimum Gasteiger partial charge on any atom is -0.493 e. The Labute approximate surface area is 92.5 Å². The standard InChI is InChI=1S/C10H10ClN3O/c1-15-9-6-13-14(7-9)10-3-2-8(4-11)5-12-10/h2-3,5-7H,4H2,1H3. The number of halogens is 1. The first-order chi connectivity index (χ1) is 7.33. The number of hydrogen-bond acceptors (Lipinski definition) is 3. The van der Waals surface area contributed by atoms with Crippen LogP contribution in [0.25, 0.3) is 5.82 Å². The number of nitrogens with zero attached hydrogens (tertiary/aromatic N) is 3. The highest BCUT2D eigenvalue weighted by atomic mass is 35.5. The fraction of sp³-hybridized carbons (Fsp3) is 0.200. The Morgan fingerprint density at radius 2 is 2.27 bits per heavy atom. The second-order valence-corrected chi connectivity index (χ2v) is 3.25. The van der Waals surface area contributed by atoms with Gasteiger partial charge < -0.3 is 4.74 Å². The minimum absolute atomic E-state index is 0.468. The maximum Gasteiger partial charge on any atom is 0.157 e. The van der Waals surface area contributed by atoms with E-state index in [4.69, 9.17) is 16.3 Å². The topological polar surface area (TPSA) is 39.9 Å². The third-order valence-corrected chi connectivity index (χ3v) is 2.30. The first-order valence-corrected chi connectivity index (χ1v) is 4.97. The summed E-state index contributed by atoms with van der Waals surface area (Å²) in [6.45, 7) is 0. The summed E-state index contributed by atoms with van der Waals surface area (Å²) in [6.07, 6.45) is 5.14. The van der Waals surface area contributed by atoms with E-state index in [-0.39, 0.29) is 0 Å². The molecule has 0 amide bonds. The van der Waals surface area contributed by atoms with E-state index in [1.165, 1.54) is 0 Å². The van der Waals surface area contributed by atoms with Crippen LogP contribution in [0.4, 0.5) is 0 Å². The molecule has 0 fully saturated rings. The molecule has 0 unspecified atom stereocenters. The second kappa shape index (κ2) is 4.31. The zero-order chi connectivity index (χ0) is 10.7. The number of ether oxygens (including phenoxy) is 1. The van der Waals surface area contributed by atoms with E-state index in [2.05, 4.69) is 10.1 Å². The molecule has 4 nitrogen and oxygen atoms in total. The first kappa shape index (κ1) is 9.98. The molecule has 0 radical (unpaired) electrons. The number of pyridine rings is 1. The highest BCUT2D eigenvalue weighted by Crippen LogP contribution is 2.12. The van der Waals surface area contributed by atoms with Crippen molar-refractivity contribution in [3.8, 4) is 11.6 Å². The largest absolute Gasteiger partial charge is 0.493 e. The molecular formula is C10H10ClN3O. The highest BCUT2D eigenvalue weighted by molar-refractivity contribution is 6.17. The van der Waals surface area contributed by atoms with Gasteiger partial charge in [0.05, 0.1) is 19.5 Å². The summed E-state index contributed by atoms with van der Waals surface area (Å²) in [5.74, 6) is 1.92. The molecule has 0 saturated carbocycles. The molecule has 2 heterocycles. The normalized spacial score (nSPS) is 10.3. The third kappa shape index (κ3) is 2.10. The first-order valence-electron chi connectivity index (χ1n) is 4.43. The van der Waals surface area contributed by atoms with Crippen molar-refractivity contribution in [2.45, 2.75) is 5.88 Å². The average molecular weight is 224 g/mol. The van der Waals surface area contributed by atoms with E-state index < -0.39 is 0 Å². The molecule has 15 heavy (non-hydrogen) atoms. The Morgan fingerprint density at radius 1 is 1.40 bits per heavy atom. The van der Waals surface area contributed by atoms with Gasteiger partial charge in [0.15, 0.2) is 11.6 Å². The third-order valence-electron chi connectivity index (χ3n) is 1.99. The van der Waals surface area contributed by atoms with Gasteiger partial charge in [-0.3, -0.25) is 0 Å². The zero-order valence-electron chi connectivity index (χ0n) is 8.22. The molecule has 0 saturated heterocycles. The van der Waals surface area contributed by atoms with Gasteiger partial charge in [-0.15, -0.1) is 11.6 Å². The number of hydrogen-bond donors (Lipinski definition) is 0. The number of methoxy groups -OCH3 is 1. The van der Waals surface area contributed by atoms with Crippen molar-refractivity contribution in [2.75, 3.05) is 7.11 Å². The highest BCUT2D eigenvalue weighted by Gasteiger charge is 2.01. The van der Waals surface area contributed by atoms with Gasteiger partial charge in [0.25, 0.3) is 0 Å². The van der Waals surface area contributed by atoms with Crippen LogP contribution < -0.4 is 4.74 Å². The van der Waals surface area contributed by atoms with Crippen molar-refractivity contribution in [1.82, 2.24) is 14.8 Å². The van der Waals surface area contributed by atoms with Crippen LogP contribution in [-0.4, -0.2) is 21.9 Å². The van der Waals surface area contributed by atoms with Crippen molar-refractivity contribution in [2.24, 2.45) is 0 Å². The molecule has 0 bridgehead atoms. The van der Waals surface area contributed by atoms with Gasteiger partial charge in [0.1, 0.15) is 0 Å². The predicted octanol–water partition coefficient (Wildman–Crippen LogP) is 2.01. The Balaban J connectivity index is 2.28. The molecule has 78 valence electrons. The van der Waals surface area contributed by atoms with E-state index in [0.717, 1.165) is 11.4 Å². The van der Waals surface area contributed by atoms with Crippen LogP contribution in [0, 0.1) is 0 Å². The molecular weight excluding hydrogens is 214 g/mol. The van der Waals surface area contributed by atoms with Crippen molar-refractivity contribution in [1.29, 1.82) is 0 Å². The minimum atomic E-state index is 0.468. The van der Waals surface area contributed by atoms with Crippen LogP contribution in [0.1, 0.15) is 5.56 Å². The van der Waals surface area contributed by atoms with Crippen LogP contribution in [0.2, 0.25) is 0 Å². The molecule has 0 aromatic carbocycles. The maximum atomic E-state index is 5.67.